The van der Waals surface area contributed by atoms with E-state index in [4.69, 9.17) is 0 Å². The largest absolute Gasteiger partial charge is 0.0761 e. The lowest BCUT2D eigenvalue weighted by Gasteiger charge is -2.12. The minimum atomic E-state index is 0.562. The fourth-order valence-corrected chi connectivity index (χ4v) is 1.46. The van der Waals surface area contributed by atoms with Crippen molar-refractivity contribution >= 4 is 0 Å². The number of benzene rings is 1. The molecule has 0 nitrogen and oxygen atoms in total. The predicted octanol–water partition coefficient (Wildman–Crippen LogP) is 3.09. The Balaban J connectivity index is 2.21. The van der Waals surface area contributed by atoms with Gasteiger partial charge in [-0.15, -0.1) is 0 Å². The van der Waals surface area contributed by atoms with Crippen LogP contribution in [0.25, 0.3) is 0 Å². The van der Waals surface area contributed by atoms with Gasteiger partial charge in [0.2, 0.25) is 0 Å². The highest BCUT2D eigenvalue weighted by Gasteiger charge is 2.06. The topological polar surface area (TPSA) is 0 Å². The molecule has 0 heteroatoms. The van der Waals surface area contributed by atoms with Gasteiger partial charge in [0.15, 0.2) is 0 Å². The zero-order valence-electron chi connectivity index (χ0n) is 6.90. The lowest BCUT2D eigenvalue weighted by molar-refractivity contribution is 0.850. The van der Waals surface area contributed by atoms with Gasteiger partial charge in [0.05, 0.1) is 0 Å². The van der Waals surface area contributed by atoms with E-state index in [2.05, 4.69) is 48.6 Å². The number of rotatable bonds is 1. The molecule has 0 N–H and O–H groups in total. The predicted molar refractivity (Wildman–Crippen MR) is 50.8 cm³/mol. The molecular weight excluding hydrogens is 144 g/mol. The van der Waals surface area contributed by atoms with E-state index in [9.17, 15) is 0 Å². The van der Waals surface area contributed by atoms with Crippen molar-refractivity contribution in [2.24, 2.45) is 0 Å². The van der Waals surface area contributed by atoms with Crippen molar-refractivity contribution in [1.82, 2.24) is 0 Å². The summed E-state index contributed by atoms with van der Waals surface area (Å²) in [5, 5.41) is 0. The Labute approximate surface area is 73.2 Å². The summed E-state index contributed by atoms with van der Waals surface area (Å²) in [6.45, 7) is 0. The molecule has 2 rings (SSSR count). The third-order valence-electron chi connectivity index (χ3n) is 2.14. The molecule has 0 fully saturated rings. The number of hydrogen-bond acceptors (Lipinski definition) is 0. The summed E-state index contributed by atoms with van der Waals surface area (Å²) in [7, 11) is 0. The minimum absolute atomic E-state index is 0.562. The van der Waals surface area contributed by atoms with Gasteiger partial charge >= 0.3 is 0 Å². The van der Waals surface area contributed by atoms with Crippen LogP contribution in [0.1, 0.15) is 17.9 Å². The Morgan fingerprint density at radius 2 is 2.00 bits per heavy atom. The molecule has 1 atom stereocenters. The van der Waals surface area contributed by atoms with Gasteiger partial charge in [-0.3, -0.25) is 0 Å². The molecule has 0 heterocycles. The molecule has 0 saturated heterocycles. The first kappa shape index (κ1) is 7.35. The van der Waals surface area contributed by atoms with Crippen LogP contribution >= 0.6 is 0 Å². The highest BCUT2D eigenvalue weighted by atomic mass is 14.1. The van der Waals surface area contributed by atoms with Crippen LogP contribution in [0.2, 0.25) is 0 Å². The smallest absolute Gasteiger partial charge is 0.00561 e. The van der Waals surface area contributed by atoms with Gasteiger partial charge in [0.25, 0.3) is 0 Å². The minimum Gasteiger partial charge on any atom is -0.0761 e. The van der Waals surface area contributed by atoms with E-state index in [0.717, 1.165) is 6.42 Å². The third-order valence-corrected chi connectivity index (χ3v) is 2.14. The maximum atomic E-state index is 3.08. The van der Waals surface area contributed by atoms with Gasteiger partial charge < -0.3 is 0 Å². The summed E-state index contributed by atoms with van der Waals surface area (Å²) in [5.74, 6) is 0.562. The van der Waals surface area contributed by atoms with Gasteiger partial charge in [-0.25, -0.2) is 0 Å². The normalized spacial score (nSPS) is 21.2. The van der Waals surface area contributed by atoms with Crippen LogP contribution in [-0.4, -0.2) is 0 Å². The summed E-state index contributed by atoms with van der Waals surface area (Å²) in [6.07, 6.45) is 10.5. The average molecular weight is 155 g/mol. The summed E-state index contributed by atoms with van der Waals surface area (Å²) < 4.78 is 0. The molecule has 1 radical (unpaired) electrons. The summed E-state index contributed by atoms with van der Waals surface area (Å²) >= 11 is 0. The second-order valence-corrected chi connectivity index (χ2v) is 2.98. The fraction of sp³-hybridized carbons (Fsp3) is 0.167. The van der Waals surface area contributed by atoms with Crippen LogP contribution in [-0.2, 0) is 0 Å². The summed E-state index contributed by atoms with van der Waals surface area (Å²) in [4.78, 5) is 0. The summed E-state index contributed by atoms with van der Waals surface area (Å²) in [5.41, 5.74) is 1.39. The van der Waals surface area contributed by atoms with Crippen molar-refractivity contribution in [1.29, 1.82) is 0 Å². The van der Waals surface area contributed by atoms with Gasteiger partial charge in [0, 0.05) is 5.92 Å². The maximum absolute atomic E-state index is 3.08. The van der Waals surface area contributed by atoms with E-state index in [-0.39, 0.29) is 0 Å². The van der Waals surface area contributed by atoms with Gasteiger partial charge in [0.1, 0.15) is 0 Å². The van der Waals surface area contributed by atoms with E-state index in [0.29, 0.717) is 5.92 Å². The molecule has 12 heavy (non-hydrogen) atoms. The molecule has 0 spiro atoms. The molecule has 1 aromatic rings. The van der Waals surface area contributed by atoms with Gasteiger partial charge in [-0.05, 0) is 18.1 Å². The molecule has 0 aliphatic heterocycles. The first-order valence-electron chi connectivity index (χ1n) is 4.26. The Morgan fingerprint density at radius 3 is 2.67 bits per heavy atom. The highest BCUT2D eigenvalue weighted by molar-refractivity contribution is 5.26. The lowest BCUT2D eigenvalue weighted by Crippen LogP contribution is -1.95. The maximum Gasteiger partial charge on any atom is 0.00561 e. The second-order valence-electron chi connectivity index (χ2n) is 2.98. The molecule has 0 aromatic heterocycles. The SMILES string of the molecule is [C]1=CC[C@@H](c2ccccc2)C=C1. The van der Waals surface area contributed by atoms with E-state index >= 15 is 0 Å². The first-order valence-corrected chi connectivity index (χ1v) is 4.26. The molecule has 0 saturated carbocycles. The standard InChI is InChI=1S/C12H11/c1-3-7-11(8-4-1)12-9-5-2-6-10-12/h1,3-9,12H,10H2/t12-/m0/s1. The Hall–Kier alpha value is -1.30. The zero-order chi connectivity index (χ0) is 8.23. The average Bonchev–Trinajstić information content (AvgIpc) is 2.21. The number of allylic oxidation sites excluding steroid dienone is 4. The van der Waals surface area contributed by atoms with Crippen molar-refractivity contribution in [2.45, 2.75) is 12.3 Å². The van der Waals surface area contributed by atoms with Crippen molar-refractivity contribution in [2.75, 3.05) is 0 Å². The fourth-order valence-electron chi connectivity index (χ4n) is 1.46. The monoisotopic (exact) mass is 155 g/mol. The van der Waals surface area contributed by atoms with Crippen molar-refractivity contribution in [3.8, 4) is 0 Å². The van der Waals surface area contributed by atoms with Crippen molar-refractivity contribution in [3.05, 3.63) is 60.2 Å². The van der Waals surface area contributed by atoms with Crippen molar-refractivity contribution < 1.29 is 0 Å². The zero-order valence-corrected chi connectivity index (χ0v) is 6.90. The van der Waals surface area contributed by atoms with Crippen LogP contribution in [0.4, 0.5) is 0 Å². The first-order chi connectivity index (χ1) is 5.97. The van der Waals surface area contributed by atoms with Crippen LogP contribution in [0.3, 0.4) is 0 Å². The van der Waals surface area contributed by atoms with Crippen LogP contribution in [0, 0.1) is 6.08 Å². The van der Waals surface area contributed by atoms with E-state index in [1.165, 1.54) is 5.56 Å². The highest BCUT2D eigenvalue weighted by Crippen LogP contribution is 2.23. The molecular formula is C12H11. The Kier molecular flexibility index (Phi) is 2.08. The third kappa shape index (κ3) is 1.48. The lowest BCUT2D eigenvalue weighted by atomic mass is 9.93. The van der Waals surface area contributed by atoms with E-state index in [1.807, 2.05) is 6.08 Å². The van der Waals surface area contributed by atoms with E-state index in [1.54, 1.807) is 0 Å². The van der Waals surface area contributed by atoms with Crippen LogP contribution in [0.5, 0.6) is 0 Å². The molecule has 1 aromatic carbocycles. The van der Waals surface area contributed by atoms with Crippen LogP contribution < -0.4 is 0 Å². The van der Waals surface area contributed by atoms with Gasteiger partial charge in [-0.2, -0.15) is 0 Å². The van der Waals surface area contributed by atoms with Crippen LogP contribution in [0.15, 0.2) is 48.6 Å². The van der Waals surface area contributed by atoms with E-state index < -0.39 is 0 Å². The Morgan fingerprint density at radius 1 is 1.17 bits per heavy atom. The number of hydrogen-bond donors (Lipinski definition) is 0. The van der Waals surface area contributed by atoms with Gasteiger partial charge in [-0.1, -0.05) is 48.6 Å². The molecule has 0 bridgehead atoms. The summed E-state index contributed by atoms with van der Waals surface area (Å²) in [6, 6.07) is 10.6. The molecule has 0 unspecified atom stereocenters. The molecule has 1 aliphatic carbocycles. The van der Waals surface area contributed by atoms with Crippen molar-refractivity contribution in [3.63, 3.8) is 0 Å². The molecule has 0 amide bonds. The second kappa shape index (κ2) is 3.40. The molecule has 1 aliphatic rings. The molecule has 59 valence electrons. The Bertz CT molecular complexity index is 293. The quantitative estimate of drug-likeness (QED) is 0.584.